The van der Waals surface area contributed by atoms with E-state index >= 15 is 0 Å². The number of carbonyl (C=O) groups excluding carboxylic acids is 1. The summed E-state index contributed by atoms with van der Waals surface area (Å²) in [7, 11) is 1.57. The second-order valence-electron chi connectivity index (χ2n) is 7.66. The Balaban J connectivity index is 1.71. The fraction of sp³-hybridized carbons (Fsp3) is 0.455. The Kier molecular flexibility index (Phi) is 6.04. The number of benzene rings is 1. The lowest BCUT2D eigenvalue weighted by Crippen LogP contribution is -2.33. The summed E-state index contributed by atoms with van der Waals surface area (Å²) in [5.41, 5.74) is 0.415. The topological polar surface area (TPSA) is 74.1 Å². The Bertz CT molecular complexity index is 1040. The monoisotopic (exact) mass is 411 g/mol. The second-order valence-corrected chi connectivity index (χ2v) is 8.64. The minimum absolute atomic E-state index is 0.0247. The van der Waals surface area contributed by atoms with Crippen LogP contribution in [0.4, 0.5) is 0 Å². The molecule has 1 atom stereocenters. The molecule has 1 aliphatic carbocycles. The number of hydrogen-bond donors (Lipinski definition) is 0. The van der Waals surface area contributed by atoms with Gasteiger partial charge in [-0.05, 0) is 30.5 Å². The molecule has 0 spiro atoms. The molecule has 1 aromatic carbocycles. The number of hydrogen-bond acceptors (Lipinski definition) is 6. The first-order valence-electron chi connectivity index (χ1n) is 10.1. The van der Waals surface area contributed by atoms with Crippen LogP contribution in [-0.4, -0.2) is 27.4 Å². The molecule has 0 amide bonds. The summed E-state index contributed by atoms with van der Waals surface area (Å²) < 4.78 is 6.80. The van der Waals surface area contributed by atoms with E-state index < -0.39 is 6.04 Å². The maximum Gasteiger partial charge on any atom is 0.261 e. The highest BCUT2D eigenvalue weighted by Gasteiger charge is 2.27. The van der Waals surface area contributed by atoms with Gasteiger partial charge in [-0.2, -0.15) is 0 Å². The minimum atomic E-state index is -0.516. The molecule has 6 nitrogen and oxygen atoms in total. The average molecular weight is 412 g/mol. The number of ether oxygens (including phenoxy) is 1. The summed E-state index contributed by atoms with van der Waals surface area (Å²) in [5, 5.41) is 3.13. The van der Waals surface area contributed by atoms with Crippen molar-refractivity contribution in [1.82, 2.24) is 14.5 Å². The zero-order valence-corrected chi connectivity index (χ0v) is 17.4. The van der Waals surface area contributed by atoms with Crippen molar-refractivity contribution in [1.29, 1.82) is 0 Å². The molecule has 7 heteroatoms. The van der Waals surface area contributed by atoms with Crippen molar-refractivity contribution < 1.29 is 9.53 Å². The number of rotatable bonds is 7. The van der Waals surface area contributed by atoms with E-state index in [1.54, 1.807) is 31.5 Å². The molecule has 1 aliphatic rings. The first-order valence-corrected chi connectivity index (χ1v) is 11.0. The van der Waals surface area contributed by atoms with Gasteiger partial charge in [0, 0.05) is 11.6 Å². The molecule has 0 N–H and O–H groups in total. The van der Waals surface area contributed by atoms with Crippen LogP contribution in [0.15, 0.2) is 40.9 Å². The number of methoxy groups -OCH3 is 1. The third-order valence-corrected chi connectivity index (χ3v) is 6.57. The van der Waals surface area contributed by atoms with Crippen LogP contribution in [0.2, 0.25) is 0 Å². The minimum Gasteiger partial charge on any atom is -0.497 e. The van der Waals surface area contributed by atoms with Crippen LogP contribution in [-0.2, 0) is 11.2 Å². The molecule has 0 aliphatic heterocycles. The molecule has 2 aromatic heterocycles. The van der Waals surface area contributed by atoms with Crippen LogP contribution in [0.25, 0.3) is 10.9 Å². The van der Waals surface area contributed by atoms with Gasteiger partial charge in [-0.25, -0.2) is 9.97 Å². The van der Waals surface area contributed by atoms with Crippen LogP contribution in [0, 0.1) is 5.92 Å². The van der Waals surface area contributed by atoms with Crippen molar-refractivity contribution in [2.75, 3.05) is 7.11 Å². The van der Waals surface area contributed by atoms with Crippen molar-refractivity contribution in [3.8, 4) is 5.75 Å². The number of aromatic nitrogens is 3. The first kappa shape index (κ1) is 19.8. The SMILES string of the molecule is COc1ccc2ncn(C(CC3CCCCC3)C(=O)Cc3nccs3)c(=O)c2c1. The molecular weight excluding hydrogens is 386 g/mol. The number of carbonyl (C=O) groups is 1. The van der Waals surface area contributed by atoms with Crippen molar-refractivity contribution in [2.45, 2.75) is 51.0 Å². The van der Waals surface area contributed by atoms with E-state index in [2.05, 4.69) is 9.97 Å². The Morgan fingerprint density at radius 1 is 1.28 bits per heavy atom. The normalized spacial score (nSPS) is 16.0. The molecule has 3 aromatic rings. The number of Topliss-reactive ketones (excluding diaryl/α,β-unsaturated/α-hetero) is 1. The van der Waals surface area contributed by atoms with Crippen LogP contribution >= 0.6 is 11.3 Å². The molecule has 4 rings (SSSR count). The Labute approximate surface area is 173 Å². The third kappa shape index (κ3) is 4.40. The van der Waals surface area contributed by atoms with E-state index in [1.807, 2.05) is 5.38 Å². The van der Waals surface area contributed by atoms with Gasteiger partial charge >= 0.3 is 0 Å². The summed E-state index contributed by atoms with van der Waals surface area (Å²) >= 11 is 1.47. The van der Waals surface area contributed by atoms with Gasteiger partial charge in [0.15, 0.2) is 5.78 Å². The summed E-state index contributed by atoms with van der Waals surface area (Å²) in [6.07, 6.45) is 10.0. The highest BCUT2D eigenvalue weighted by Crippen LogP contribution is 2.31. The quantitative estimate of drug-likeness (QED) is 0.583. The van der Waals surface area contributed by atoms with E-state index in [1.165, 1.54) is 41.5 Å². The zero-order chi connectivity index (χ0) is 20.2. The van der Waals surface area contributed by atoms with Gasteiger partial charge in [-0.15, -0.1) is 11.3 Å². The van der Waals surface area contributed by atoms with Gasteiger partial charge < -0.3 is 4.74 Å². The van der Waals surface area contributed by atoms with E-state index in [-0.39, 0.29) is 17.8 Å². The molecule has 1 saturated carbocycles. The lowest BCUT2D eigenvalue weighted by molar-refractivity contribution is -0.122. The zero-order valence-electron chi connectivity index (χ0n) is 16.5. The predicted octanol–water partition coefficient (Wildman–Crippen LogP) is 4.18. The summed E-state index contributed by atoms with van der Waals surface area (Å²) in [6.45, 7) is 0. The molecule has 1 unspecified atom stereocenters. The van der Waals surface area contributed by atoms with Crippen LogP contribution in [0.5, 0.6) is 5.75 Å². The van der Waals surface area contributed by atoms with Crippen LogP contribution in [0.3, 0.4) is 0 Å². The van der Waals surface area contributed by atoms with Gasteiger partial charge in [-0.3, -0.25) is 14.2 Å². The highest BCUT2D eigenvalue weighted by atomic mass is 32.1. The van der Waals surface area contributed by atoms with E-state index in [9.17, 15) is 9.59 Å². The number of thiazole rings is 1. The Morgan fingerprint density at radius 2 is 2.10 bits per heavy atom. The lowest BCUT2D eigenvalue weighted by Gasteiger charge is -2.27. The van der Waals surface area contributed by atoms with Crippen LogP contribution in [0.1, 0.15) is 49.6 Å². The van der Waals surface area contributed by atoms with Crippen molar-refractivity contribution in [2.24, 2.45) is 5.92 Å². The summed E-state index contributed by atoms with van der Waals surface area (Å²) in [5.74, 6) is 1.09. The standard InChI is InChI=1S/C22H25N3O3S/c1-28-16-7-8-18-17(12-16)22(27)25(14-24-18)19(11-15-5-3-2-4-6-15)20(26)13-21-23-9-10-29-21/h7-10,12,14-15,19H,2-6,11,13H2,1H3. The highest BCUT2D eigenvalue weighted by molar-refractivity contribution is 7.09. The molecule has 1 fully saturated rings. The molecule has 152 valence electrons. The largest absolute Gasteiger partial charge is 0.497 e. The van der Waals surface area contributed by atoms with Crippen molar-refractivity contribution in [3.05, 3.63) is 51.5 Å². The van der Waals surface area contributed by atoms with E-state index in [0.717, 1.165) is 17.8 Å². The van der Waals surface area contributed by atoms with Gasteiger partial charge in [0.2, 0.25) is 0 Å². The summed E-state index contributed by atoms with van der Waals surface area (Å²) in [4.78, 5) is 35.2. The molecule has 0 bridgehead atoms. The molecule has 2 heterocycles. The third-order valence-electron chi connectivity index (χ3n) is 5.79. The molecule has 0 radical (unpaired) electrons. The number of nitrogens with zero attached hydrogens (tertiary/aromatic N) is 3. The smallest absolute Gasteiger partial charge is 0.261 e. The fourth-order valence-corrected chi connectivity index (χ4v) is 4.84. The fourth-order valence-electron chi connectivity index (χ4n) is 4.21. The number of ketones is 1. The Hall–Kier alpha value is -2.54. The Morgan fingerprint density at radius 3 is 2.83 bits per heavy atom. The first-order chi connectivity index (χ1) is 14.2. The van der Waals surface area contributed by atoms with Gasteiger partial charge in [0.25, 0.3) is 5.56 Å². The van der Waals surface area contributed by atoms with Gasteiger partial charge in [0.05, 0.1) is 41.8 Å². The maximum atomic E-state index is 13.3. The lowest BCUT2D eigenvalue weighted by atomic mass is 9.83. The molecular formula is C22H25N3O3S. The van der Waals surface area contributed by atoms with Crippen molar-refractivity contribution >= 4 is 28.0 Å². The van der Waals surface area contributed by atoms with Crippen LogP contribution < -0.4 is 10.3 Å². The maximum absolute atomic E-state index is 13.3. The van der Waals surface area contributed by atoms with E-state index in [4.69, 9.17) is 4.74 Å². The molecule has 29 heavy (non-hydrogen) atoms. The number of fused-ring (bicyclic) bond motifs is 1. The van der Waals surface area contributed by atoms with Crippen molar-refractivity contribution in [3.63, 3.8) is 0 Å². The van der Waals surface area contributed by atoms with Gasteiger partial charge in [0.1, 0.15) is 5.75 Å². The summed E-state index contributed by atoms with van der Waals surface area (Å²) in [6, 6.07) is 4.74. The molecule has 0 saturated heterocycles. The predicted molar refractivity (Wildman–Crippen MR) is 114 cm³/mol. The average Bonchev–Trinajstić information content (AvgIpc) is 3.26. The van der Waals surface area contributed by atoms with E-state index in [0.29, 0.717) is 29.0 Å². The van der Waals surface area contributed by atoms with Gasteiger partial charge in [-0.1, -0.05) is 32.1 Å². The second kappa shape index (κ2) is 8.86.